The van der Waals surface area contributed by atoms with Gasteiger partial charge in [-0.2, -0.15) is 13.2 Å². The van der Waals surface area contributed by atoms with Gasteiger partial charge in [0, 0.05) is 62.6 Å². The molecule has 1 unspecified atom stereocenters. The number of amides is 2. The molecule has 1 fully saturated rings. The van der Waals surface area contributed by atoms with Crippen LogP contribution in [0.15, 0.2) is 89.9 Å². The quantitative estimate of drug-likeness (QED) is 0.0967. The molecule has 2 aliphatic heterocycles. The average Bonchev–Trinajstić information content (AvgIpc) is 3.51. The number of ether oxygens (including phenoxy) is 3. The number of para-hydroxylation sites is 2. The molecule has 0 N–H and O–H groups in total. The van der Waals surface area contributed by atoms with E-state index in [-0.39, 0.29) is 13.2 Å². The Morgan fingerprint density at radius 3 is 2.27 bits per heavy atom. The lowest BCUT2D eigenvalue weighted by Crippen LogP contribution is -2.47. The molecule has 298 valence electrons. The molecule has 56 heavy (non-hydrogen) atoms. The Hall–Kier alpha value is -4.38. The first-order valence-corrected chi connectivity index (χ1v) is 21.5. The topological polar surface area (TPSA) is 87.1 Å². The Labute approximate surface area is 337 Å². The number of aliphatic imine (C=N–C) groups is 1. The van der Waals surface area contributed by atoms with Gasteiger partial charge in [0.05, 0.1) is 22.5 Å². The molecule has 0 saturated carbocycles. The van der Waals surface area contributed by atoms with E-state index in [1.54, 1.807) is 23.3 Å². The number of hydrogen-bond donors (Lipinski definition) is 0. The number of nitrogens with zero attached hydrogens (tertiary/aromatic N) is 5. The standard InChI is InChI=1S/C40H44F3N5O5S3/c1-28-27-32-36(47-21-19-45(2)20-22-47)44-33-11-7-8-12-34(33)48(37(32)56-28)39(50)52-24-26-55-54-25-23-51-38(49)46(3)18-17-35(29-9-5-4-6-10-29)53-31-15-13-30(14-16-31)40(41,42)43/h4-16,27,35H,17-26H2,1-3H3. The van der Waals surface area contributed by atoms with Gasteiger partial charge < -0.3 is 28.9 Å². The molecule has 16 heteroatoms. The van der Waals surface area contributed by atoms with Gasteiger partial charge in [0.1, 0.15) is 35.9 Å². The fraction of sp³-hybridized carbons (Fsp3) is 0.375. The van der Waals surface area contributed by atoms with E-state index in [2.05, 4.69) is 22.9 Å². The maximum absolute atomic E-state index is 13.7. The lowest BCUT2D eigenvalue weighted by Gasteiger charge is -2.34. The van der Waals surface area contributed by atoms with Crippen molar-refractivity contribution in [2.45, 2.75) is 25.6 Å². The molecule has 0 bridgehead atoms. The van der Waals surface area contributed by atoms with E-state index < -0.39 is 30.0 Å². The van der Waals surface area contributed by atoms with Gasteiger partial charge in [-0.3, -0.25) is 0 Å². The van der Waals surface area contributed by atoms with E-state index in [1.165, 1.54) is 38.6 Å². The molecule has 10 nitrogen and oxygen atoms in total. The molecule has 4 aromatic rings. The van der Waals surface area contributed by atoms with E-state index >= 15 is 0 Å². The summed E-state index contributed by atoms with van der Waals surface area (Å²) in [5.41, 5.74) is 2.41. The first kappa shape index (κ1) is 41.3. The molecule has 0 radical (unpaired) electrons. The van der Waals surface area contributed by atoms with Gasteiger partial charge in [-0.15, -0.1) is 11.3 Å². The Morgan fingerprint density at radius 1 is 0.911 bits per heavy atom. The van der Waals surface area contributed by atoms with Gasteiger partial charge in [0.2, 0.25) is 0 Å². The molecule has 0 spiro atoms. The van der Waals surface area contributed by atoms with Gasteiger partial charge in [0.25, 0.3) is 0 Å². The second kappa shape index (κ2) is 19.2. The van der Waals surface area contributed by atoms with Gasteiger partial charge >= 0.3 is 18.4 Å². The van der Waals surface area contributed by atoms with Crippen molar-refractivity contribution in [3.05, 3.63) is 106 Å². The first-order valence-electron chi connectivity index (χ1n) is 18.2. The molecule has 6 rings (SSSR count). The van der Waals surface area contributed by atoms with Crippen molar-refractivity contribution in [2.24, 2.45) is 4.99 Å². The number of carbonyl (C=O) groups excluding carboxylic acids is 2. The SMILES string of the molecule is Cc1cc2c(s1)N(C(=O)OCCSSCCOC(=O)N(C)CCC(Oc1ccc(C(F)(F)F)cc1)c1ccccc1)c1ccccc1N=C2N1CCN(C)CC1. The van der Waals surface area contributed by atoms with Crippen LogP contribution >= 0.6 is 32.9 Å². The second-order valence-electron chi connectivity index (χ2n) is 13.2. The summed E-state index contributed by atoms with van der Waals surface area (Å²) in [7, 11) is 6.78. The number of aryl methyl sites for hydroxylation is 1. The van der Waals surface area contributed by atoms with Crippen LogP contribution in [0.1, 0.15) is 34.1 Å². The fourth-order valence-electron chi connectivity index (χ4n) is 6.17. The highest BCUT2D eigenvalue weighted by atomic mass is 33.1. The molecule has 1 saturated heterocycles. The van der Waals surface area contributed by atoms with Crippen molar-refractivity contribution < 1.29 is 37.0 Å². The summed E-state index contributed by atoms with van der Waals surface area (Å²) >= 11 is 1.55. The fourth-order valence-corrected chi connectivity index (χ4v) is 8.83. The molecule has 0 aliphatic carbocycles. The van der Waals surface area contributed by atoms with Crippen LogP contribution in [0.4, 0.5) is 39.1 Å². The molecule has 2 aliphatic rings. The normalized spacial score (nSPS) is 14.9. The van der Waals surface area contributed by atoms with Crippen LogP contribution in [0.2, 0.25) is 0 Å². The summed E-state index contributed by atoms with van der Waals surface area (Å²) in [6.07, 6.45) is -5.50. The summed E-state index contributed by atoms with van der Waals surface area (Å²) in [6.45, 7) is 6.28. The molecular formula is C40H44F3N5O5S3. The number of rotatable bonds is 13. The third-order valence-electron chi connectivity index (χ3n) is 9.15. The zero-order valence-corrected chi connectivity index (χ0v) is 33.8. The van der Waals surface area contributed by atoms with E-state index in [0.29, 0.717) is 41.6 Å². The zero-order valence-electron chi connectivity index (χ0n) is 31.4. The molecule has 2 amide bonds. The van der Waals surface area contributed by atoms with Crippen molar-refractivity contribution in [1.82, 2.24) is 14.7 Å². The van der Waals surface area contributed by atoms with Crippen LogP contribution in [0, 0.1) is 6.92 Å². The lowest BCUT2D eigenvalue weighted by atomic mass is 10.1. The van der Waals surface area contributed by atoms with E-state index in [4.69, 9.17) is 19.2 Å². The van der Waals surface area contributed by atoms with Crippen LogP contribution in [0.25, 0.3) is 0 Å². The molecular weight excluding hydrogens is 784 g/mol. The van der Waals surface area contributed by atoms with E-state index in [0.717, 1.165) is 65.2 Å². The number of likely N-dealkylation sites (N-methyl/N-ethyl adjacent to an activating group) is 1. The number of alkyl halides is 3. The summed E-state index contributed by atoms with van der Waals surface area (Å²) < 4.78 is 56.4. The number of piperazine rings is 1. The number of amidine groups is 1. The highest BCUT2D eigenvalue weighted by Crippen LogP contribution is 2.44. The van der Waals surface area contributed by atoms with E-state index in [1.807, 2.05) is 61.5 Å². The van der Waals surface area contributed by atoms with Crippen molar-refractivity contribution in [2.75, 3.05) is 76.4 Å². The van der Waals surface area contributed by atoms with Crippen molar-refractivity contribution in [1.29, 1.82) is 0 Å². The lowest BCUT2D eigenvalue weighted by molar-refractivity contribution is -0.137. The first-order chi connectivity index (χ1) is 27.0. The smallest absolute Gasteiger partial charge is 0.419 e. The maximum atomic E-state index is 13.7. The number of benzene rings is 3. The van der Waals surface area contributed by atoms with Crippen LogP contribution in [-0.2, 0) is 15.7 Å². The number of carbonyl (C=O) groups is 2. The summed E-state index contributed by atoms with van der Waals surface area (Å²) in [5.74, 6) is 2.25. The predicted molar refractivity (Wildman–Crippen MR) is 219 cm³/mol. The van der Waals surface area contributed by atoms with Crippen LogP contribution in [0.3, 0.4) is 0 Å². The second-order valence-corrected chi connectivity index (χ2v) is 17.2. The maximum Gasteiger partial charge on any atom is 0.419 e. The number of fused-ring (bicyclic) bond motifs is 2. The summed E-state index contributed by atoms with van der Waals surface area (Å²) in [5, 5.41) is 0.797. The molecule has 1 atom stereocenters. The van der Waals surface area contributed by atoms with Gasteiger partial charge in [-0.05, 0) is 62.0 Å². The Morgan fingerprint density at radius 2 is 1.57 bits per heavy atom. The number of hydrogen-bond acceptors (Lipinski definition) is 11. The largest absolute Gasteiger partial charge is 0.486 e. The summed E-state index contributed by atoms with van der Waals surface area (Å²) in [4.78, 5) is 40.3. The Balaban J connectivity index is 0.935. The van der Waals surface area contributed by atoms with Gasteiger partial charge in [-0.25, -0.2) is 19.5 Å². The number of anilines is 2. The van der Waals surface area contributed by atoms with Crippen LogP contribution in [0.5, 0.6) is 5.75 Å². The monoisotopic (exact) mass is 827 g/mol. The molecule has 3 heterocycles. The average molecular weight is 828 g/mol. The zero-order chi connectivity index (χ0) is 39.7. The van der Waals surface area contributed by atoms with Gasteiger partial charge in [0.15, 0.2) is 0 Å². The van der Waals surface area contributed by atoms with Crippen molar-refractivity contribution in [3.63, 3.8) is 0 Å². The van der Waals surface area contributed by atoms with Crippen molar-refractivity contribution in [3.8, 4) is 5.75 Å². The minimum absolute atomic E-state index is 0.186. The third kappa shape index (κ3) is 10.7. The highest BCUT2D eigenvalue weighted by molar-refractivity contribution is 8.76. The van der Waals surface area contributed by atoms with Crippen LogP contribution in [-0.4, -0.2) is 104 Å². The predicted octanol–water partition coefficient (Wildman–Crippen LogP) is 9.65. The van der Waals surface area contributed by atoms with Crippen molar-refractivity contribution >= 4 is 67.3 Å². The van der Waals surface area contributed by atoms with Gasteiger partial charge in [-0.1, -0.05) is 64.1 Å². The Kier molecular flexibility index (Phi) is 14.1. The highest BCUT2D eigenvalue weighted by Gasteiger charge is 2.33. The molecule has 3 aromatic carbocycles. The van der Waals surface area contributed by atoms with E-state index in [9.17, 15) is 22.8 Å². The minimum Gasteiger partial charge on any atom is -0.486 e. The number of halogens is 3. The summed E-state index contributed by atoms with van der Waals surface area (Å²) in [6, 6.07) is 23.6. The minimum atomic E-state index is -4.44. The molecule has 1 aromatic heterocycles. The Bertz CT molecular complexity index is 1960. The third-order valence-corrected chi connectivity index (χ3v) is 12.5. The van der Waals surface area contributed by atoms with Crippen LogP contribution < -0.4 is 9.64 Å². The number of thiophene rings is 1.